The molecule has 0 saturated carbocycles. The Hall–Kier alpha value is -2.28. The van der Waals surface area contributed by atoms with Gasteiger partial charge in [0.15, 0.2) is 0 Å². The molecule has 0 spiro atoms. The number of aryl methyl sites for hydroxylation is 1. The van der Waals surface area contributed by atoms with E-state index in [4.69, 9.17) is 5.73 Å². The van der Waals surface area contributed by atoms with E-state index in [1.807, 2.05) is 0 Å². The molecule has 0 aliphatic heterocycles. The molecule has 0 unspecified atom stereocenters. The number of rotatable bonds is 4. The molecule has 2 N–H and O–H groups in total. The van der Waals surface area contributed by atoms with Gasteiger partial charge < -0.3 is 5.73 Å². The zero-order valence-corrected chi connectivity index (χ0v) is 12.2. The molecule has 2 rings (SSSR count). The standard InChI is InChI=1S/C16H20N4/c1-4-12(3)20-16(18)14(10-17)15(19-20)9-13-7-5-11(2)6-8-13/h5-8,12H,4,9,18H2,1-3H3/t12-/m1/s1. The fourth-order valence-electron chi connectivity index (χ4n) is 2.15. The second-order valence-corrected chi connectivity index (χ2v) is 5.18. The first kappa shape index (κ1) is 14.1. The summed E-state index contributed by atoms with van der Waals surface area (Å²) in [5, 5.41) is 13.8. The molecule has 1 aromatic heterocycles. The highest BCUT2D eigenvalue weighted by Gasteiger charge is 2.18. The highest BCUT2D eigenvalue weighted by atomic mass is 15.3. The molecule has 1 aromatic carbocycles. The largest absolute Gasteiger partial charge is 0.383 e. The molecule has 0 amide bonds. The molecule has 104 valence electrons. The van der Waals surface area contributed by atoms with Gasteiger partial charge in [-0.3, -0.25) is 0 Å². The van der Waals surface area contributed by atoms with Gasteiger partial charge in [-0.1, -0.05) is 36.8 Å². The van der Waals surface area contributed by atoms with Crippen LogP contribution in [0.25, 0.3) is 0 Å². The van der Waals surface area contributed by atoms with Crippen molar-refractivity contribution in [3.8, 4) is 6.07 Å². The van der Waals surface area contributed by atoms with Crippen molar-refractivity contribution < 1.29 is 0 Å². The number of nitriles is 1. The molecular weight excluding hydrogens is 248 g/mol. The fraction of sp³-hybridized carbons (Fsp3) is 0.375. The van der Waals surface area contributed by atoms with Gasteiger partial charge in [0.05, 0.1) is 11.7 Å². The van der Waals surface area contributed by atoms with E-state index < -0.39 is 0 Å². The summed E-state index contributed by atoms with van der Waals surface area (Å²) >= 11 is 0. The van der Waals surface area contributed by atoms with Gasteiger partial charge in [0, 0.05) is 6.42 Å². The summed E-state index contributed by atoms with van der Waals surface area (Å²) in [5.41, 5.74) is 9.67. The van der Waals surface area contributed by atoms with E-state index in [1.165, 1.54) is 5.56 Å². The Labute approximate surface area is 119 Å². The third-order valence-corrected chi connectivity index (χ3v) is 3.63. The highest BCUT2D eigenvalue weighted by Crippen LogP contribution is 2.23. The minimum absolute atomic E-state index is 0.203. The number of aromatic nitrogens is 2. The summed E-state index contributed by atoms with van der Waals surface area (Å²) < 4.78 is 1.77. The highest BCUT2D eigenvalue weighted by molar-refractivity contribution is 5.53. The van der Waals surface area contributed by atoms with Gasteiger partial charge in [-0.2, -0.15) is 10.4 Å². The van der Waals surface area contributed by atoms with Crippen molar-refractivity contribution in [3.05, 3.63) is 46.6 Å². The fourth-order valence-corrected chi connectivity index (χ4v) is 2.15. The zero-order valence-electron chi connectivity index (χ0n) is 12.2. The maximum Gasteiger partial charge on any atom is 0.140 e. The lowest BCUT2D eigenvalue weighted by Gasteiger charge is -2.10. The normalized spacial score (nSPS) is 12.1. The summed E-state index contributed by atoms with van der Waals surface area (Å²) in [6, 6.07) is 10.6. The van der Waals surface area contributed by atoms with E-state index in [-0.39, 0.29) is 6.04 Å². The van der Waals surface area contributed by atoms with E-state index >= 15 is 0 Å². The summed E-state index contributed by atoms with van der Waals surface area (Å²) in [6.07, 6.45) is 1.57. The molecule has 0 fully saturated rings. The van der Waals surface area contributed by atoms with Crippen LogP contribution in [-0.2, 0) is 6.42 Å². The smallest absolute Gasteiger partial charge is 0.140 e. The van der Waals surface area contributed by atoms with E-state index in [2.05, 4.69) is 56.2 Å². The molecule has 20 heavy (non-hydrogen) atoms. The van der Waals surface area contributed by atoms with E-state index in [0.29, 0.717) is 17.8 Å². The second-order valence-electron chi connectivity index (χ2n) is 5.18. The molecule has 0 saturated heterocycles. The Morgan fingerprint density at radius 3 is 2.55 bits per heavy atom. The predicted octanol–water partition coefficient (Wildman–Crippen LogP) is 3.21. The van der Waals surface area contributed by atoms with E-state index in [0.717, 1.165) is 17.7 Å². The van der Waals surface area contributed by atoms with Crippen LogP contribution in [0.15, 0.2) is 24.3 Å². The number of anilines is 1. The first-order chi connectivity index (χ1) is 9.56. The van der Waals surface area contributed by atoms with Crippen LogP contribution < -0.4 is 5.73 Å². The molecular formula is C16H20N4. The van der Waals surface area contributed by atoms with Crippen LogP contribution in [0.5, 0.6) is 0 Å². The average Bonchev–Trinajstić information content (AvgIpc) is 2.76. The molecule has 2 aromatic rings. The van der Waals surface area contributed by atoms with Crippen LogP contribution in [0, 0.1) is 18.3 Å². The maximum atomic E-state index is 9.31. The number of benzene rings is 1. The third-order valence-electron chi connectivity index (χ3n) is 3.63. The van der Waals surface area contributed by atoms with Crippen LogP contribution in [0.3, 0.4) is 0 Å². The lowest BCUT2D eigenvalue weighted by molar-refractivity contribution is 0.481. The number of nitrogen functional groups attached to an aromatic ring is 1. The number of nitrogens with zero attached hydrogens (tertiary/aromatic N) is 3. The van der Waals surface area contributed by atoms with Crippen LogP contribution in [0.4, 0.5) is 5.82 Å². The summed E-state index contributed by atoms with van der Waals surface area (Å²) in [5.74, 6) is 0.476. The average molecular weight is 268 g/mol. The topological polar surface area (TPSA) is 67.6 Å². The lowest BCUT2D eigenvalue weighted by Crippen LogP contribution is -2.09. The molecule has 4 heteroatoms. The Bertz CT molecular complexity index is 632. The van der Waals surface area contributed by atoms with Crippen molar-refractivity contribution in [2.45, 2.75) is 39.7 Å². The van der Waals surface area contributed by atoms with Crippen molar-refractivity contribution in [2.24, 2.45) is 0 Å². The summed E-state index contributed by atoms with van der Waals surface area (Å²) in [7, 11) is 0. The Morgan fingerprint density at radius 2 is 2.00 bits per heavy atom. The zero-order chi connectivity index (χ0) is 14.7. The van der Waals surface area contributed by atoms with Crippen molar-refractivity contribution in [1.29, 1.82) is 5.26 Å². The molecule has 4 nitrogen and oxygen atoms in total. The van der Waals surface area contributed by atoms with Gasteiger partial charge in [-0.15, -0.1) is 0 Å². The summed E-state index contributed by atoms with van der Waals surface area (Å²) in [4.78, 5) is 0. The number of hydrogen-bond acceptors (Lipinski definition) is 3. The quantitative estimate of drug-likeness (QED) is 0.925. The molecule has 0 bridgehead atoms. The second kappa shape index (κ2) is 5.79. The van der Waals surface area contributed by atoms with Crippen molar-refractivity contribution >= 4 is 5.82 Å². The Kier molecular flexibility index (Phi) is 4.09. The van der Waals surface area contributed by atoms with Crippen molar-refractivity contribution in [3.63, 3.8) is 0 Å². The molecule has 1 heterocycles. The van der Waals surface area contributed by atoms with Gasteiger partial charge in [0.1, 0.15) is 17.5 Å². The van der Waals surface area contributed by atoms with Crippen molar-refractivity contribution in [1.82, 2.24) is 9.78 Å². The molecule has 1 atom stereocenters. The minimum Gasteiger partial charge on any atom is -0.383 e. The molecule has 0 aliphatic carbocycles. The van der Waals surface area contributed by atoms with Crippen LogP contribution in [0.1, 0.15) is 48.7 Å². The van der Waals surface area contributed by atoms with E-state index in [9.17, 15) is 5.26 Å². The minimum atomic E-state index is 0.203. The van der Waals surface area contributed by atoms with Crippen LogP contribution >= 0.6 is 0 Å². The lowest BCUT2D eigenvalue weighted by atomic mass is 10.1. The molecule has 0 aliphatic rings. The third kappa shape index (κ3) is 2.67. The Balaban J connectivity index is 2.36. The van der Waals surface area contributed by atoms with Gasteiger partial charge in [0.25, 0.3) is 0 Å². The van der Waals surface area contributed by atoms with E-state index in [1.54, 1.807) is 4.68 Å². The van der Waals surface area contributed by atoms with Crippen molar-refractivity contribution in [2.75, 3.05) is 5.73 Å². The first-order valence-electron chi connectivity index (χ1n) is 6.89. The number of hydrogen-bond donors (Lipinski definition) is 1. The van der Waals surface area contributed by atoms with Gasteiger partial charge in [0.2, 0.25) is 0 Å². The number of nitrogens with two attached hydrogens (primary N) is 1. The maximum absolute atomic E-state index is 9.31. The van der Waals surface area contributed by atoms with Gasteiger partial charge in [-0.25, -0.2) is 4.68 Å². The first-order valence-corrected chi connectivity index (χ1v) is 6.89. The van der Waals surface area contributed by atoms with Crippen LogP contribution in [0.2, 0.25) is 0 Å². The molecule has 0 radical (unpaired) electrons. The Morgan fingerprint density at radius 1 is 1.35 bits per heavy atom. The van der Waals surface area contributed by atoms with Gasteiger partial charge >= 0.3 is 0 Å². The SMILES string of the molecule is CC[C@@H](C)n1nc(Cc2ccc(C)cc2)c(C#N)c1N. The van der Waals surface area contributed by atoms with Gasteiger partial charge in [-0.05, 0) is 25.8 Å². The predicted molar refractivity (Wildman–Crippen MR) is 80.3 cm³/mol. The van der Waals surface area contributed by atoms with Crippen LogP contribution in [-0.4, -0.2) is 9.78 Å². The summed E-state index contributed by atoms with van der Waals surface area (Å²) in [6.45, 7) is 6.19. The monoisotopic (exact) mass is 268 g/mol.